The fraction of sp³-hybridized carbons (Fsp3) is 0.889. The van der Waals surface area contributed by atoms with Crippen molar-refractivity contribution in [1.29, 1.82) is 0 Å². The number of likely N-dealkylation sites (N-methyl/N-ethyl adjacent to an activating group) is 1. The molecule has 3 atom stereocenters. The van der Waals surface area contributed by atoms with E-state index in [1.54, 1.807) is 0 Å². The summed E-state index contributed by atoms with van der Waals surface area (Å²) in [5, 5.41) is 12.3. The van der Waals surface area contributed by atoms with Gasteiger partial charge in [0.15, 0.2) is 0 Å². The number of carboxylic acids is 1. The lowest BCUT2D eigenvalue weighted by Crippen LogP contribution is -2.49. The van der Waals surface area contributed by atoms with Crippen LogP contribution in [0, 0.1) is 5.92 Å². The Morgan fingerprint density at radius 2 is 2.38 bits per heavy atom. The Bertz CT molecular complexity index is 220. The van der Waals surface area contributed by atoms with E-state index in [1.165, 1.54) is 0 Å². The van der Waals surface area contributed by atoms with Gasteiger partial charge in [0.25, 0.3) is 0 Å². The molecule has 0 aliphatic carbocycles. The molecule has 2 saturated heterocycles. The number of nitrogens with zero attached hydrogens (tertiary/aromatic N) is 1. The summed E-state index contributed by atoms with van der Waals surface area (Å²) >= 11 is 0. The molecule has 0 aromatic carbocycles. The first-order valence-corrected chi connectivity index (χ1v) is 4.86. The van der Waals surface area contributed by atoms with Crippen LogP contribution in [0.1, 0.15) is 12.8 Å². The lowest BCUT2D eigenvalue weighted by atomic mass is 9.93. The number of nitrogens with one attached hydrogen (secondary N) is 1. The first kappa shape index (κ1) is 8.97. The van der Waals surface area contributed by atoms with E-state index in [0.29, 0.717) is 12.6 Å². The minimum Gasteiger partial charge on any atom is -0.481 e. The zero-order chi connectivity index (χ0) is 9.42. The molecule has 2 aliphatic heterocycles. The van der Waals surface area contributed by atoms with E-state index in [9.17, 15) is 4.79 Å². The van der Waals surface area contributed by atoms with Gasteiger partial charge in [-0.05, 0) is 26.4 Å². The summed E-state index contributed by atoms with van der Waals surface area (Å²) in [5.74, 6) is -0.871. The first-order valence-electron chi connectivity index (χ1n) is 4.86. The van der Waals surface area contributed by atoms with Gasteiger partial charge in [-0.15, -0.1) is 0 Å². The maximum atomic E-state index is 10.9. The number of piperidine rings is 1. The Kier molecular flexibility index (Phi) is 2.26. The monoisotopic (exact) mass is 184 g/mol. The molecule has 3 unspecified atom stereocenters. The van der Waals surface area contributed by atoms with Crippen molar-refractivity contribution < 1.29 is 9.90 Å². The molecule has 0 saturated carbocycles. The molecule has 2 heterocycles. The third-order valence-corrected chi connectivity index (χ3v) is 3.27. The van der Waals surface area contributed by atoms with Gasteiger partial charge in [-0.2, -0.15) is 0 Å². The summed E-state index contributed by atoms with van der Waals surface area (Å²) in [6.45, 7) is 1.66. The molecule has 0 aromatic rings. The Morgan fingerprint density at radius 1 is 1.62 bits per heavy atom. The van der Waals surface area contributed by atoms with Crippen molar-refractivity contribution in [1.82, 2.24) is 10.2 Å². The maximum Gasteiger partial charge on any atom is 0.309 e. The van der Waals surface area contributed by atoms with Gasteiger partial charge >= 0.3 is 5.97 Å². The molecule has 0 bridgehead atoms. The van der Waals surface area contributed by atoms with Crippen LogP contribution in [0.15, 0.2) is 0 Å². The van der Waals surface area contributed by atoms with Gasteiger partial charge < -0.3 is 15.3 Å². The number of likely N-dealkylation sites (tertiary alicyclic amines) is 1. The molecular formula is C9H16N2O2. The van der Waals surface area contributed by atoms with Gasteiger partial charge in [-0.25, -0.2) is 0 Å². The molecule has 2 aliphatic rings. The molecule has 13 heavy (non-hydrogen) atoms. The van der Waals surface area contributed by atoms with Gasteiger partial charge in [0, 0.05) is 18.6 Å². The van der Waals surface area contributed by atoms with Crippen molar-refractivity contribution >= 4 is 5.97 Å². The third-order valence-electron chi connectivity index (χ3n) is 3.27. The topological polar surface area (TPSA) is 52.6 Å². The summed E-state index contributed by atoms with van der Waals surface area (Å²) in [6, 6.07) is 0.617. The number of fused-ring (bicyclic) bond motifs is 1. The van der Waals surface area contributed by atoms with Crippen molar-refractivity contribution in [3.05, 3.63) is 0 Å². The lowest BCUT2D eigenvalue weighted by molar-refractivity contribution is -0.141. The van der Waals surface area contributed by atoms with E-state index in [0.717, 1.165) is 19.4 Å². The Labute approximate surface area is 77.9 Å². The van der Waals surface area contributed by atoms with Crippen molar-refractivity contribution in [2.75, 3.05) is 20.1 Å². The van der Waals surface area contributed by atoms with Crippen molar-refractivity contribution in [2.24, 2.45) is 5.92 Å². The molecular weight excluding hydrogens is 168 g/mol. The van der Waals surface area contributed by atoms with E-state index in [4.69, 9.17) is 5.11 Å². The second-order valence-corrected chi connectivity index (χ2v) is 4.07. The van der Waals surface area contributed by atoms with Crippen LogP contribution < -0.4 is 5.32 Å². The zero-order valence-corrected chi connectivity index (χ0v) is 7.86. The number of aliphatic carboxylic acids is 1. The highest BCUT2D eigenvalue weighted by atomic mass is 16.4. The van der Waals surface area contributed by atoms with Gasteiger partial charge in [0.05, 0.1) is 5.92 Å². The third kappa shape index (κ3) is 1.44. The van der Waals surface area contributed by atoms with Crippen LogP contribution in [0.2, 0.25) is 0 Å². The summed E-state index contributed by atoms with van der Waals surface area (Å²) < 4.78 is 0. The number of rotatable bonds is 1. The average molecular weight is 184 g/mol. The maximum absolute atomic E-state index is 10.9. The molecule has 2 N–H and O–H groups in total. The molecule has 0 radical (unpaired) electrons. The van der Waals surface area contributed by atoms with Crippen LogP contribution in [0.3, 0.4) is 0 Å². The average Bonchev–Trinajstić information content (AvgIpc) is 2.45. The minimum atomic E-state index is -0.659. The number of carboxylic acid groups (broad SMARTS) is 1. The van der Waals surface area contributed by atoms with Crippen LogP contribution in [0.25, 0.3) is 0 Å². The van der Waals surface area contributed by atoms with Crippen LogP contribution in [0.4, 0.5) is 0 Å². The number of hydrogen-bond donors (Lipinski definition) is 2. The predicted molar refractivity (Wildman–Crippen MR) is 48.6 cm³/mol. The van der Waals surface area contributed by atoms with Crippen LogP contribution in [0.5, 0.6) is 0 Å². The Hall–Kier alpha value is -0.610. The van der Waals surface area contributed by atoms with Gasteiger partial charge in [-0.3, -0.25) is 4.79 Å². The molecule has 74 valence electrons. The first-order chi connectivity index (χ1) is 6.20. The largest absolute Gasteiger partial charge is 0.481 e. The molecule has 4 heteroatoms. The van der Waals surface area contributed by atoms with E-state index in [-0.39, 0.29) is 12.0 Å². The molecule has 4 nitrogen and oxygen atoms in total. The quantitative estimate of drug-likeness (QED) is 0.590. The van der Waals surface area contributed by atoms with Crippen molar-refractivity contribution in [3.63, 3.8) is 0 Å². The Morgan fingerprint density at radius 3 is 3.08 bits per heavy atom. The molecule has 2 fully saturated rings. The summed E-state index contributed by atoms with van der Waals surface area (Å²) in [4.78, 5) is 13.1. The summed E-state index contributed by atoms with van der Waals surface area (Å²) in [7, 11) is 2.02. The highest BCUT2D eigenvalue weighted by Gasteiger charge is 2.44. The minimum absolute atomic E-state index is 0.177. The van der Waals surface area contributed by atoms with E-state index < -0.39 is 5.97 Å². The van der Waals surface area contributed by atoms with Crippen LogP contribution in [-0.2, 0) is 4.79 Å². The normalized spacial score (nSPS) is 40.2. The standard InChI is InChI=1S/C9H16N2O2/c1-11-5-6(9(12)13)8-7(11)3-2-4-10-8/h6-8,10H,2-5H2,1H3,(H,12,13). The molecule has 0 spiro atoms. The zero-order valence-electron chi connectivity index (χ0n) is 7.86. The number of hydrogen-bond acceptors (Lipinski definition) is 3. The van der Waals surface area contributed by atoms with Crippen molar-refractivity contribution in [3.8, 4) is 0 Å². The SMILES string of the molecule is CN1CC(C(=O)O)C2NCCCC21. The Balaban J connectivity index is 2.12. The van der Waals surface area contributed by atoms with E-state index in [1.807, 2.05) is 7.05 Å². The second kappa shape index (κ2) is 3.27. The van der Waals surface area contributed by atoms with E-state index in [2.05, 4.69) is 10.2 Å². The van der Waals surface area contributed by atoms with Gasteiger partial charge in [-0.1, -0.05) is 0 Å². The van der Waals surface area contributed by atoms with E-state index >= 15 is 0 Å². The molecule has 0 aromatic heterocycles. The van der Waals surface area contributed by atoms with Gasteiger partial charge in [0.2, 0.25) is 0 Å². The molecule has 2 rings (SSSR count). The highest BCUT2D eigenvalue weighted by Crippen LogP contribution is 2.28. The summed E-state index contributed by atoms with van der Waals surface area (Å²) in [5.41, 5.74) is 0. The second-order valence-electron chi connectivity index (χ2n) is 4.07. The fourth-order valence-corrected chi connectivity index (χ4v) is 2.59. The number of carbonyl (C=O) groups is 1. The lowest BCUT2D eigenvalue weighted by Gasteiger charge is -2.31. The predicted octanol–water partition coefficient (Wildman–Crippen LogP) is -0.247. The van der Waals surface area contributed by atoms with Crippen molar-refractivity contribution in [2.45, 2.75) is 24.9 Å². The molecule has 0 amide bonds. The van der Waals surface area contributed by atoms with Crippen LogP contribution in [-0.4, -0.2) is 48.2 Å². The van der Waals surface area contributed by atoms with Crippen LogP contribution >= 0.6 is 0 Å². The summed E-state index contributed by atoms with van der Waals surface area (Å²) in [6.07, 6.45) is 2.30. The van der Waals surface area contributed by atoms with Gasteiger partial charge in [0.1, 0.15) is 0 Å². The fourth-order valence-electron chi connectivity index (χ4n) is 2.59. The highest BCUT2D eigenvalue weighted by molar-refractivity contribution is 5.72. The smallest absolute Gasteiger partial charge is 0.309 e.